The predicted octanol–water partition coefficient (Wildman–Crippen LogP) is 2.81. The van der Waals surface area contributed by atoms with E-state index in [1.165, 1.54) is 12.8 Å². The zero-order chi connectivity index (χ0) is 21.8. The number of aromatic nitrogens is 3. The molecule has 3 N–H and O–H groups in total. The van der Waals surface area contributed by atoms with Crippen LogP contribution in [0.5, 0.6) is 0 Å². The van der Waals surface area contributed by atoms with Crippen LogP contribution in [0, 0.1) is 0 Å². The Morgan fingerprint density at radius 1 is 1.12 bits per heavy atom. The highest BCUT2D eigenvalue weighted by Gasteiger charge is 2.23. The molecule has 0 spiro atoms. The van der Waals surface area contributed by atoms with Crippen molar-refractivity contribution in [3.8, 4) is 11.3 Å². The van der Waals surface area contributed by atoms with Crippen LogP contribution in [0.15, 0.2) is 42.9 Å². The van der Waals surface area contributed by atoms with Gasteiger partial charge in [-0.3, -0.25) is 9.30 Å². The predicted molar refractivity (Wildman–Crippen MR) is 124 cm³/mol. The fraction of sp³-hybridized carbons (Fsp3) is 0.435. The monoisotopic (exact) mass is 435 g/mol. The summed E-state index contributed by atoms with van der Waals surface area (Å²) >= 11 is 0. The maximum absolute atomic E-state index is 12.2. The summed E-state index contributed by atoms with van der Waals surface area (Å²) < 4.78 is 7.40. The molecule has 0 bridgehead atoms. The number of carbonyl (C=O) groups excluding carboxylic acids is 1. The highest BCUT2D eigenvalue weighted by atomic mass is 16.5. The number of anilines is 2. The summed E-state index contributed by atoms with van der Waals surface area (Å²) in [5, 5.41) is 9.27. The molecule has 1 aliphatic heterocycles. The van der Waals surface area contributed by atoms with Gasteiger partial charge in [-0.1, -0.05) is 12.1 Å². The Kier molecular flexibility index (Phi) is 6.17. The van der Waals surface area contributed by atoms with Gasteiger partial charge in [0.05, 0.1) is 25.1 Å². The van der Waals surface area contributed by atoms with Crippen molar-refractivity contribution in [3.05, 3.63) is 42.9 Å². The van der Waals surface area contributed by atoms with Gasteiger partial charge in [-0.15, -0.1) is 0 Å². The second-order valence-corrected chi connectivity index (χ2v) is 8.30. The van der Waals surface area contributed by atoms with Crippen LogP contribution in [-0.2, 0) is 4.74 Å². The van der Waals surface area contributed by atoms with Crippen LogP contribution in [0.4, 0.5) is 16.3 Å². The number of amides is 2. The van der Waals surface area contributed by atoms with Crippen molar-refractivity contribution in [1.82, 2.24) is 24.6 Å². The Morgan fingerprint density at radius 2 is 1.94 bits per heavy atom. The smallest absolute Gasteiger partial charge is 0.319 e. The second-order valence-electron chi connectivity index (χ2n) is 8.30. The molecule has 1 aromatic carbocycles. The Morgan fingerprint density at radius 3 is 2.72 bits per heavy atom. The van der Waals surface area contributed by atoms with E-state index in [2.05, 4.69) is 30.8 Å². The Labute approximate surface area is 187 Å². The second kappa shape index (κ2) is 9.54. The van der Waals surface area contributed by atoms with Crippen molar-refractivity contribution in [3.63, 3.8) is 0 Å². The van der Waals surface area contributed by atoms with Crippen molar-refractivity contribution in [2.24, 2.45) is 0 Å². The van der Waals surface area contributed by atoms with E-state index in [9.17, 15) is 4.79 Å². The molecule has 168 valence electrons. The van der Waals surface area contributed by atoms with Crippen LogP contribution in [0.1, 0.15) is 19.3 Å². The first-order chi connectivity index (χ1) is 15.8. The first-order valence-electron chi connectivity index (χ1n) is 11.3. The van der Waals surface area contributed by atoms with Crippen molar-refractivity contribution in [2.45, 2.75) is 25.3 Å². The van der Waals surface area contributed by atoms with Crippen LogP contribution in [0.3, 0.4) is 0 Å². The van der Waals surface area contributed by atoms with Gasteiger partial charge in [-0.25, -0.2) is 14.8 Å². The molecule has 9 nitrogen and oxygen atoms in total. The number of hydrogen-bond donors (Lipinski definition) is 3. The summed E-state index contributed by atoms with van der Waals surface area (Å²) in [4.78, 5) is 23.6. The average Bonchev–Trinajstić information content (AvgIpc) is 3.53. The molecular weight excluding hydrogens is 406 g/mol. The maximum Gasteiger partial charge on any atom is 0.319 e. The van der Waals surface area contributed by atoms with Crippen LogP contribution in [0.2, 0.25) is 0 Å². The first kappa shape index (κ1) is 20.7. The minimum absolute atomic E-state index is 0.184. The summed E-state index contributed by atoms with van der Waals surface area (Å²) in [6.07, 6.45) is 8.87. The van der Waals surface area contributed by atoms with Gasteiger partial charge in [0.25, 0.3) is 0 Å². The number of fused-ring (bicyclic) bond motifs is 1. The topological polar surface area (TPSA) is 95.8 Å². The third-order valence-corrected chi connectivity index (χ3v) is 5.83. The molecule has 3 aromatic rings. The lowest BCUT2D eigenvalue weighted by Gasteiger charge is -2.26. The van der Waals surface area contributed by atoms with E-state index in [0.717, 1.165) is 67.7 Å². The Bertz CT molecular complexity index is 1060. The number of urea groups is 1. The van der Waals surface area contributed by atoms with Gasteiger partial charge in [0.1, 0.15) is 0 Å². The van der Waals surface area contributed by atoms with Gasteiger partial charge in [0.15, 0.2) is 11.5 Å². The third kappa shape index (κ3) is 5.00. The van der Waals surface area contributed by atoms with Crippen LogP contribution < -0.4 is 16.0 Å². The van der Waals surface area contributed by atoms with Crippen molar-refractivity contribution in [2.75, 3.05) is 50.0 Å². The molecule has 0 radical (unpaired) electrons. The van der Waals surface area contributed by atoms with E-state index in [0.29, 0.717) is 12.6 Å². The van der Waals surface area contributed by atoms with Gasteiger partial charge >= 0.3 is 6.03 Å². The lowest BCUT2D eigenvalue weighted by atomic mass is 10.1. The number of hydrogen-bond acceptors (Lipinski definition) is 6. The van der Waals surface area contributed by atoms with E-state index in [1.807, 2.05) is 41.1 Å². The first-order valence-corrected chi connectivity index (χ1v) is 11.3. The molecule has 2 aromatic heterocycles. The number of benzene rings is 1. The molecule has 3 heterocycles. The maximum atomic E-state index is 12.2. The molecule has 32 heavy (non-hydrogen) atoms. The van der Waals surface area contributed by atoms with E-state index < -0.39 is 0 Å². The summed E-state index contributed by atoms with van der Waals surface area (Å²) in [5.74, 6) is 0.824. The Balaban J connectivity index is 1.15. The lowest BCUT2D eigenvalue weighted by molar-refractivity contribution is 0.0375. The van der Waals surface area contributed by atoms with Gasteiger partial charge in [-0.2, -0.15) is 0 Å². The highest BCUT2D eigenvalue weighted by Crippen LogP contribution is 2.28. The zero-order valence-corrected chi connectivity index (χ0v) is 18.1. The number of rotatable bonds is 8. The van der Waals surface area contributed by atoms with E-state index in [-0.39, 0.29) is 6.03 Å². The normalized spacial score (nSPS) is 16.8. The molecular formula is C23H29N7O2. The summed E-state index contributed by atoms with van der Waals surface area (Å²) in [6.45, 7) is 5.17. The van der Waals surface area contributed by atoms with Crippen LogP contribution in [0.25, 0.3) is 16.9 Å². The average molecular weight is 436 g/mol. The molecule has 0 atom stereocenters. The van der Waals surface area contributed by atoms with Gasteiger partial charge in [0.2, 0.25) is 0 Å². The molecule has 9 heteroatoms. The zero-order valence-electron chi connectivity index (χ0n) is 18.1. The van der Waals surface area contributed by atoms with Crippen molar-refractivity contribution >= 4 is 23.2 Å². The largest absolute Gasteiger partial charge is 0.379 e. The molecule has 1 aliphatic carbocycles. The molecule has 2 fully saturated rings. The van der Waals surface area contributed by atoms with E-state index in [4.69, 9.17) is 4.74 Å². The van der Waals surface area contributed by atoms with Crippen LogP contribution >= 0.6 is 0 Å². The number of ether oxygens (including phenoxy) is 1. The number of nitrogens with one attached hydrogen (secondary N) is 3. The fourth-order valence-electron chi connectivity index (χ4n) is 3.88. The lowest BCUT2D eigenvalue weighted by Crippen LogP contribution is -2.38. The third-order valence-electron chi connectivity index (χ3n) is 5.83. The van der Waals surface area contributed by atoms with Crippen molar-refractivity contribution in [1.29, 1.82) is 0 Å². The molecule has 0 unspecified atom stereocenters. The van der Waals surface area contributed by atoms with E-state index >= 15 is 0 Å². The number of nitrogens with zero attached hydrogens (tertiary/aromatic N) is 4. The Hall–Kier alpha value is -3.17. The standard InChI is InChI=1S/C23H29N7O2/c31-23(25-8-1-10-29-12-14-32-15-13-29)28-19-4-2-17(3-5-19)20-16-26-22-21(27-18-6-7-18)24-9-11-30(20)22/h2-5,9,11,16,18H,1,6-8,10,12-15H2,(H,24,27)(H2,25,28,31). The number of carbonyl (C=O) groups is 1. The fourth-order valence-corrected chi connectivity index (χ4v) is 3.88. The van der Waals surface area contributed by atoms with E-state index in [1.54, 1.807) is 6.20 Å². The molecule has 5 rings (SSSR count). The summed E-state index contributed by atoms with van der Waals surface area (Å²) in [6, 6.07) is 8.14. The molecule has 1 saturated carbocycles. The minimum Gasteiger partial charge on any atom is -0.379 e. The highest BCUT2D eigenvalue weighted by molar-refractivity contribution is 5.89. The van der Waals surface area contributed by atoms with Gasteiger partial charge < -0.3 is 20.7 Å². The van der Waals surface area contributed by atoms with Gasteiger partial charge in [0, 0.05) is 49.3 Å². The number of imidazole rings is 1. The molecule has 1 saturated heterocycles. The molecule has 2 amide bonds. The quantitative estimate of drug-likeness (QED) is 0.471. The number of morpholine rings is 1. The van der Waals surface area contributed by atoms with Crippen molar-refractivity contribution < 1.29 is 9.53 Å². The summed E-state index contributed by atoms with van der Waals surface area (Å²) in [7, 11) is 0. The van der Waals surface area contributed by atoms with Gasteiger partial charge in [-0.05, 0) is 37.9 Å². The minimum atomic E-state index is -0.184. The SMILES string of the molecule is O=C(NCCCN1CCOCC1)Nc1ccc(-c2cnc3c(NC4CC4)nccn23)cc1. The molecule has 2 aliphatic rings. The summed E-state index contributed by atoms with van der Waals surface area (Å²) in [5.41, 5.74) is 3.59. The van der Waals surface area contributed by atoms with Crippen LogP contribution in [-0.4, -0.2) is 70.7 Å².